The van der Waals surface area contributed by atoms with Gasteiger partial charge in [-0.25, -0.2) is 0 Å². The highest BCUT2D eigenvalue weighted by Gasteiger charge is 2.13. The summed E-state index contributed by atoms with van der Waals surface area (Å²) in [5.74, 6) is 0. The summed E-state index contributed by atoms with van der Waals surface area (Å²) in [5, 5.41) is 3.44. The van der Waals surface area contributed by atoms with Crippen LogP contribution in [-0.4, -0.2) is 37.6 Å². The third-order valence-electron chi connectivity index (χ3n) is 2.34. The van der Waals surface area contributed by atoms with Gasteiger partial charge in [0, 0.05) is 12.6 Å². The maximum atomic E-state index is 3.44. The van der Waals surface area contributed by atoms with E-state index in [0.717, 1.165) is 6.04 Å². The van der Waals surface area contributed by atoms with Crippen LogP contribution in [0.2, 0.25) is 0 Å². The van der Waals surface area contributed by atoms with Crippen molar-refractivity contribution in [2.24, 2.45) is 0 Å². The van der Waals surface area contributed by atoms with E-state index in [9.17, 15) is 0 Å². The number of hydrogen-bond donors (Lipinski definition) is 1. The molecule has 12 heavy (non-hydrogen) atoms. The molecule has 0 aromatic heterocycles. The van der Waals surface area contributed by atoms with Gasteiger partial charge in [-0.3, -0.25) is 0 Å². The maximum Gasteiger partial charge on any atom is 0.0214 e. The number of nitrogens with zero attached hydrogens (tertiary/aromatic N) is 1. The van der Waals surface area contributed by atoms with E-state index in [4.69, 9.17) is 0 Å². The summed E-state index contributed by atoms with van der Waals surface area (Å²) < 4.78 is 0. The molecular weight excluding hydrogens is 148 g/mol. The predicted octanol–water partition coefficient (Wildman–Crippen LogP) is 1.72. The highest BCUT2D eigenvalue weighted by molar-refractivity contribution is 4.73. The van der Waals surface area contributed by atoms with Crippen LogP contribution in [0.5, 0.6) is 0 Å². The predicted molar refractivity (Wildman–Crippen MR) is 55.5 cm³/mol. The second-order valence-electron chi connectivity index (χ2n) is 3.10. The lowest BCUT2D eigenvalue weighted by Gasteiger charge is -2.23. The smallest absolute Gasteiger partial charge is 0.0214 e. The third kappa shape index (κ3) is 4.07. The maximum absolute atomic E-state index is 3.44. The molecule has 0 bridgehead atoms. The van der Waals surface area contributed by atoms with Crippen molar-refractivity contribution in [3.63, 3.8) is 0 Å². The van der Waals surface area contributed by atoms with Crippen LogP contribution in [0, 0.1) is 0 Å². The fourth-order valence-electron chi connectivity index (χ4n) is 1.52. The van der Waals surface area contributed by atoms with Gasteiger partial charge >= 0.3 is 0 Å². The largest absolute Gasteiger partial charge is 0.315 e. The molecule has 0 aromatic rings. The van der Waals surface area contributed by atoms with Crippen molar-refractivity contribution in [3.05, 3.63) is 0 Å². The summed E-state index contributed by atoms with van der Waals surface area (Å²) in [6.07, 6.45) is 2.57. The molecular formula is C10H24N2. The van der Waals surface area contributed by atoms with Crippen LogP contribution in [0.1, 0.15) is 33.6 Å². The molecule has 1 atom stereocenters. The van der Waals surface area contributed by atoms with Crippen LogP contribution in [0.25, 0.3) is 0 Å². The Hall–Kier alpha value is -0.0800. The molecule has 1 aliphatic rings. The van der Waals surface area contributed by atoms with E-state index in [1.807, 2.05) is 13.8 Å². The lowest BCUT2D eigenvalue weighted by molar-refractivity contribution is 0.251. The topological polar surface area (TPSA) is 15.3 Å². The number of nitrogens with one attached hydrogen (secondary N) is 1. The molecule has 2 heteroatoms. The van der Waals surface area contributed by atoms with Crippen LogP contribution in [0.15, 0.2) is 0 Å². The Morgan fingerprint density at radius 3 is 2.67 bits per heavy atom. The van der Waals surface area contributed by atoms with Crippen LogP contribution in [0.3, 0.4) is 0 Å². The highest BCUT2D eigenvalue weighted by Crippen LogP contribution is 2.03. The zero-order valence-corrected chi connectivity index (χ0v) is 9.06. The zero-order chi connectivity index (χ0) is 9.40. The highest BCUT2D eigenvalue weighted by atomic mass is 15.2. The molecule has 1 saturated heterocycles. The molecule has 74 valence electrons. The van der Waals surface area contributed by atoms with Gasteiger partial charge in [0.05, 0.1) is 0 Å². The van der Waals surface area contributed by atoms with E-state index >= 15 is 0 Å². The first-order valence-electron chi connectivity index (χ1n) is 5.25. The van der Waals surface area contributed by atoms with Gasteiger partial charge in [0.2, 0.25) is 0 Å². The molecule has 1 fully saturated rings. The standard InChI is InChI=1S/C8H18N2.C2H6/c1-3-8-7-9-5-4-6-10(8)2;1-2/h8-9H,3-7H2,1-2H3;1-2H3. The number of hydrogen-bond acceptors (Lipinski definition) is 2. The molecule has 0 aromatic carbocycles. The van der Waals surface area contributed by atoms with E-state index in [1.54, 1.807) is 0 Å². The van der Waals surface area contributed by atoms with Gasteiger partial charge in [-0.2, -0.15) is 0 Å². The Kier molecular flexibility index (Phi) is 7.51. The molecule has 1 N–H and O–H groups in total. The molecule has 0 saturated carbocycles. The molecule has 2 nitrogen and oxygen atoms in total. The average Bonchev–Trinajstić information content (AvgIpc) is 2.33. The van der Waals surface area contributed by atoms with Crippen molar-refractivity contribution in [1.29, 1.82) is 0 Å². The summed E-state index contributed by atoms with van der Waals surface area (Å²) >= 11 is 0. The van der Waals surface area contributed by atoms with Crippen LogP contribution in [0.4, 0.5) is 0 Å². The Morgan fingerprint density at radius 1 is 1.42 bits per heavy atom. The summed E-state index contributed by atoms with van der Waals surface area (Å²) in [6.45, 7) is 9.88. The van der Waals surface area contributed by atoms with Gasteiger partial charge in [0.15, 0.2) is 0 Å². The number of rotatable bonds is 1. The van der Waals surface area contributed by atoms with Crippen LogP contribution in [-0.2, 0) is 0 Å². The quantitative estimate of drug-likeness (QED) is 0.648. The first-order valence-corrected chi connectivity index (χ1v) is 5.25. The Bertz CT molecular complexity index is 93.8. The monoisotopic (exact) mass is 172 g/mol. The van der Waals surface area contributed by atoms with Crippen molar-refractivity contribution in [2.75, 3.05) is 26.7 Å². The van der Waals surface area contributed by atoms with E-state index in [2.05, 4.69) is 24.2 Å². The van der Waals surface area contributed by atoms with Crippen molar-refractivity contribution < 1.29 is 0 Å². The molecule has 1 unspecified atom stereocenters. The molecule has 0 aliphatic carbocycles. The van der Waals surface area contributed by atoms with E-state index in [-0.39, 0.29) is 0 Å². The fourth-order valence-corrected chi connectivity index (χ4v) is 1.52. The molecule has 0 amide bonds. The van der Waals surface area contributed by atoms with E-state index < -0.39 is 0 Å². The minimum Gasteiger partial charge on any atom is -0.315 e. The fraction of sp³-hybridized carbons (Fsp3) is 1.00. The van der Waals surface area contributed by atoms with Gasteiger partial charge in [-0.15, -0.1) is 0 Å². The first-order chi connectivity index (χ1) is 5.84. The lowest BCUT2D eigenvalue weighted by Crippen LogP contribution is -2.36. The van der Waals surface area contributed by atoms with E-state index in [1.165, 1.54) is 32.5 Å². The summed E-state index contributed by atoms with van der Waals surface area (Å²) in [5.41, 5.74) is 0. The Morgan fingerprint density at radius 2 is 2.08 bits per heavy atom. The second kappa shape index (κ2) is 7.56. The normalized spacial score (nSPS) is 25.5. The number of likely N-dealkylation sites (N-methyl/N-ethyl adjacent to an activating group) is 1. The van der Waals surface area contributed by atoms with E-state index in [0.29, 0.717) is 0 Å². The van der Waals surface area contributed by atoms with Crippen molar-refractivity contribution in [1.82, 2.24) is 10.2 Å². The second-order valence-corrected chi connectivity index (χ2v) is 3.10. The molecule has 0 radical (unpaired) electrons. The first kappa shape index (κ1) is 11.9. The minimum absolute atomic E-state index is 0.766. The molecule has 0 spiro atoms. The summed E-state index contributed by atoms with van der Waals surface area (Å²) in [6, 6.07) is 0.766. The van der Waals surface area contributed by atoms with Crippen molar-refractivity contribution >= 4 is 0 Å². The minimum atomic E-state index is 0.766. The van der Waals surface area contributed by atoms with Gasteiger partial charge in [-0.05, 0) is 33.0 Å². The van der Waals surface area contributed by atoms with Gasteiger partial charge in [0.1, 0.15) is 0 Å². The van der Waals surface area contributed by atoms with Crippen LogP contribution < -0.4 is 5.32 Å². The third-order valence-corrected chi connectivity index (χ3v) is 2.34. The van der Waals surface area contributed by atoms with Gasteiger partial charge < -0.3 is 10.2 Å². The van der Waals surface area contributed by atoms with Crippen molar-refractivity contribution in [2.45, 2.75) is 39.7 Å². The zero-order valence-electron chi connectivity index (χ0n) is 9.06. The average molecular weight is 172 g/mol. The summed E-state index contributed by atoms with van der Waals surface area (Å²) in [4.78, 5) is 2.46. The molecule has 1 aliphatic heterocycles. The molecule has 1 rings (SSSR count). The van der Waals surface area contributed by atoms with Crippen LogP contribution >= 0.6 is 0 Å². The van der Waals surface area contributed by atoms with Gasteiger partial charge in [-0.1, -0.05) is 20.8 Å². The SMILES string of the molecule is CC.CCC1CNCCCN1C. The van der Waals surface area contributed by atoms with Gasteiger partial charge in [0.25, 0.3) is 0 Å². The molecule has 1 heterocycles. The summed E-state index contributed by atoms with van der Waals surface area (Å²) in [7, 11) is 2.22. The Labute approximate surface area is 77.3 Å². The van der Waals surface area contributed by atoms with Crippen molar-refractivity contribution in [3.8, 4) is 0 Å². The Balaban J connectivity index is 0.000000561. The lowest BCUT2D eigenvalue weighted by atomic mass is 10.2.